The van der Waals surface area contributed by atoms with Crippen LogP contribution in [0.25, 0.3) is 5.69 Å². The second kappa shape index (κ2) is 4.73. The Kier molecular flexibility index (Phi) is 3.26. The summed E-state index contributed by atoms with van der Waals surface area (Å²) in [5.41, 5.74) is 0.650. The van der Waals surface area contributed by atoms with Gasteiger partial charge in [0.15, 0.2) is 5.75 Å². The Bertz CT molecular complexity index is 703. The van der Waals surface area contributed by atoms with Crippen LogP contribution in [0.3, 0.4) is 0 Å². The van der Waals surface area contributed by atoms with E-state index in [4.69, 9.17) is 4.18 Å². The van der Waals surface area contributed by atoms with Crippen molar-refractivity contribution >= 4 is 15.8 Å². The van der Waals surface area contributed by atoms with Gasteiger partial charge in [0.05, 0.1) is 17.4 Å². The molecule has 1 aromatic carbocycles. The molecular weight excluding hydrogens is 272 g/mol. The Morgan fingerprint density at radius 1 is 1.21 bits per heavy atom. The van der Waals surface area contributed by atoms with Crippen LogP contribution in [0.5, 0.6) is 5.75 Å². The monoisotopic (exact) mass is 282 g/mol. The summed E-state index contributed by atoms with van der Waals surface area (Å²) in [6.07, 6.45) is 4.03. The van der Waals surface area contributed by atoms with Crippen LogP contribution in [0.4, 0.5) is 5.69 Å². The van der Waals surface area contributed by atoms with Crippen molar-refractivity contribution in [2.45, 2.75) is 0 Å². The van der Waals surface area contributed by atoms with Gasteiger partial charge in [0, 0.05) is 30.1 Å². The van der Waals surface area contributed by atoms with Crippen molar-refractivity contribution < 1.29 is 17.5 Å². The van der Waals surface area contributed by atoms with Gasteiger partial charge in [-0.2, -0.15) is 8.42 Å². The molecule has 0 aliphatic heterocycles. The summed E-state index contributed by atoms with van der Waals surface area (Å²) in [5, 5.41) is 10.5. The minimum absolute atomic E-state index is 0.0106. The first-order valence-electron chi connectivity index (χ1n) is 5.17. The summed E-state index contributed by atoms with van der Waals surface area (Å²) in [6, 6.07) is 7.34. The SMILES string of the molecule is CS(=O)(=O)Oc1ccn(-c2ccc([N+](=O)[O-])cc2)c1. The molecular formula is C11H10N2O5S. The minimum atomic E-state index is -3.57. The Hall–Kier alpha value is -2.35. The number of benzene rings is 1. The largest absolute Gasteiger partial charge is 0.381 e. The van der Waals surface area contributed by atoms with E-state index in [1.54, 1.807) is 22.9 Å². The first kappa shape index (κ1) is 13.1. The molecule has 8 heteroatoms. The molecule has 19 heavy (non-hydrogen) atoms. The highest BCUT2D eigenvalue weighted by Gasteiger charge is 2.08. The lowest BCUT2D eigenvalue weighted by Crippen LogP contribution is -2.04. The van der Waals surface area contributed by atoms with Crippen LogP contribution in [0, 0.1) is 10.1 Å². The van der Waals surface area contributed by atoms with E-state index < -0.39 is 15.0 Å². The third kappa shape index (κ3) is 3.32. The van der Waals surface area contributed by atoms with E-state index in [9.17, 15) is 18.5 Å². The van der Waals surface area contributed by atoms with Crippen LogP contribution in [0.1, 0.15) is 0 Å². The molecule has 0 spiro atoms. The molecule has 100 valence electrons. The maximum absolute atomic E-state index is 11.0. The Morgan fingerprint density at radius 3 is 2.37 bits per heavy atom. The van der Waals surface area contributed by atoms with E-state index in [0.29, 0.717) is 5.69 Å². The second-order valence-electron chi connectivity index (χ2n) is 3.82. The average molecular weight is 282 g/mol. The maximum atomic E-state index is 11.0. The van der Waals surface area contributed by atoms with Crippen LogP contribution in [0.2, 0.25) is 0 Å². The number of non-ortho nitro benzene ring substituents is 1. The zero-order valence-corrected chi connectivity index (χ0v) is 10.7. The van der Waals surface area contributed by atoms with Gasteiger partial charge in [-0.05, 0) is 12.1 Å². The first-order valence-corrected chi connectivity index (χ1v) is 6.99. The fraction of sp³-hybridized carbons (Fsp3) is 0.0909. The van der Waals surface area contributed by atoms with E-state index >= 15 is 0 Å². The first-order chi connectivity index (χ1) is 8.85. The Labute approximate surface area is 109 Å². The van der Waals surface area contributed by atoms with Crippen LogP contribution < -0.4 is 4.18 Å². The molecule has 0 bridgehead atoms. The fourth-order valence-corrected chi connectivity index (χ4v) is 1.96. The van der Waals surface area contributed by atoms with Crippen LogP contribution in [-0.4, -0.2) is 24.2 Å². The number of rotatable bonds is 4. The summed E-state index contributed by atoms with van der Waals surface area (Å²) in [5.74, 6) is 0.181. The Balaban J connectivity index is 2.25. The molecule has 0 atom stereocenters. The third-order valence-corrected chi connectivity index (χ3v) is 2.77. The van der Waals surface area contributed by atoms with Gasteiger partial charge in [-0.25, -0.2) is 0 Å². The minimum Gasteiger partial charge on any atom is -0.381 e. The summed E-state index contributed by atoms with van der Waals surface area (Å²) in [7, 11) is -3.57. The normalized spacial score (nSPS) is 11.2. The van der Waals surface area contributed by atoms with Crippen molar-refractivity contribution in [1.29, 1.82) is 0 Å². The van der Waals surface area contributed by atoms with Gasteiger partial charge < -0.3 is 8.75 Å². The predicted molar refractivity (Wildman–Crippen MR) is 67.9 cm³/mol. The van der Waals surface area contributed by atoms with Crippen molar-refractivity contribution in [3.05, 3.63) is 52.8 Å². The highest BCUT2D eigenvalue weighted by Crippen LogP contribution is 2.19. The van der Waals surface area contributed by atoms with Gasteiger partial charge in [0.1, 0.15) is 0 Å². The summed E-state index contributed by atoms with van der Waals surface area (Å²) >= 11 is 0. The molecule has 0 aliphatic carbocycles. The molecule has 0 saturated carbocycles. The molecule has 0 unspecified atom stereocenters. The third-order valence-electron chi connectivity index (χ3n) is 2.27. The van der Waals surface area contributed by atoms with Gasteiger partial charge in [-0.1, -0.05) is 0 Å². The van der Waals surface area contributed by atoms with Crippen LogP contribution >= 0.6 is 0 Å². The molecule has 0 fully saturated rings. The van der Waals surface area contributed by atoms with E-state index in [-0.39, 0.29) is 11.4 Å². The van der Waals surface area contributed by atoms with E-state index in [0.717, 1.165) is 6.26 Å². The number of hydrogen-bond donors (Lipinski definition) is 0. The standard InChI is InChI=1S/C11H10N2O5S/c1-19(16,17)18-11-6-7-12(8-11)9-2-4-10(5-3-9)13(14)15/h2-8H,1H3. The molecule has 0 N–H and O–H groups in total. The lowest BCUT2D eigenvalue weighted by atomic mass is 10.3. The molecule has 0 amide bonds. The summed E-state index contributed by atoms with van der Waals surface area (Å²) in [6.45, 7) is 0. The highest BCUT2D eigenvalue weighted by atomic mass is 32.2. The molecule has 2 rings (SSSR count). The van der Waals surface area contributed by atoms with Crippen molar-refractivity contribution in [2.75, 3.05) is 6.26 Å². The number of nitrogens with zero attached hydrogens (tertiary/aromatic N) is 2. The number of hydrogen-bond acceptors (Lipinski definition) is 5. The van der Waals surface area contributed by atoms with Crippen LogP contribution in [-0.2, 0) is 10.1 Å². The molecule has 7 nitrogen and oxygen atoms in total. The smallest absolute Gasteiger partial charge is 0.306 e. The molecule has 1 heterocycles. The summed E-state index contributed by atoms with van der Waals surface area (Å²) < 4.78 is 28.2. The van der Waals surface area contributed by atoms with Gasteiger partial charge in [0.2, 0.25) is 0 Å². The number of nitro benzene ring substituents is 1. The number of aromatic nitrogens is 1. The lowest BCUT2D eigenvalue weighted by Gasteiger charge is -2.02. The molecule has 0 aliphatic rings. The van der Waals surface area contributed by atoms with Gasteiger partial charge >= 0.3 is 10.1 Å². The molecule has 2 aromatic rings. The van der Waals surface area contributed by atoms with Crippen LogP contribution in [0.15, 0.2) is 42.7 Å². The highest BCUT2D eigenvalue weighted by molar-refractivity contribution is 7.86. The second-order valence-corrected chi connectivity index (χ2v) is 5.39. The van der Waals surface area contributed by atoms with Crippen molar-refractivity contribution in [3.8, 4) is 11.4 Å². The zero-order chi connectivity index (χ0) is 14.0. The van der Waals surface area contributed by atoms with E-state index in [2.05, 4.69) is 0 Å². The van der Waals surface area contributed by atoms with Gasteiger partial charge in [-0.15, -0.1) is 0 Å². The zero-order valence-electron chi connectivity index (χ0n) is 9.89. The van der Waals surface area contributed by atoms with Crippen molar-refractivity contribution in [1.82, 2.24) is 4.57 Å². The average Bonchev–Trinajstić information content (AvgIpc) is 2.75. The lowest BCUT2D eigenvalue weighted by molar-refractivity contribution is -0.384. The molecule has 0 saturated heterocycles. The topological polar surface area (TPSA) is 91.4 Å². The summed E-state index contributed by atoms with van der Waals surface area (Å²) in [4.78, 5) is 10.0. The van der Waals surface area contributed by atoms with E-state index in [1.165, 1.54) is 24.4 Å². The van der Waals surface area contributed by atoms with Gasteiger partial charge in [0.25, 0.3) is 5.69 Å². The Morgan fingerprint density at radius 2 is 1.84 bits per heavy atom. The van der Waals surface area contributed by atoms with Crippen molar-refractivity contribution in [2.24, 2.45) is 0 Å². The van der Waals surface area contributed by atoms with E-state index in [1.807, 2.05) is 0 Å². The quantitative estimate of drug-likeness (QED) is 0.483. The van der Waals surface area contributed by atoms with Crippen molar-refractivity contribution in [3.63, 3.8) is 0 Å². The molecule has 1 aromatic heterocycles. The molecule has 0 radical (unpaired) electrons. The predicted octanol–water partition coefficient (Wildman–Crippen LogP) is 1.72. The van der Waals surface area contributed by atoms with Gasteiger partial charge in [-0.3, -0.25) is 10.1 Å². The maximum Gasteiger partial charge on any atom is 0.306 e. The number of nitro groups is 1. The fourth-order valence-electron chi connectivity index (χ4n) is 1.51.